The Labute approximate surface area is 106 Å². The van der Waals surface area contributed by atoms with E-state index in [1.165, 1.54) is 12.1 Å². The number of aromatic nitrogens is 2. The second kappa shape index (κ2) is 4.90. The summed E-state index contributed by atoms with van der Waals surface area (Å²) in [7, 11) is 0. The third kappa shape index (κ3) is 2.59. The van der Waals surface area contributed by atoms with Gasteiger partial charge in [0.05, 0.1) is 0 Å². The van der Waals surface area contributed by atoms with E-state index in [1.54, 1.807) is 12.3 Å². The van der Waals surface area contributed by atoms with Gasteiger partial charge >= 0.3 is 0 Å². The molecule has 4 heteroatoms. The van der Waals surface area contributed by atoms with Crippen LogP contribution in [0, 0.1) is 5.82 Å². The van der Waals surface area contributed by atoms with Crippen molar-refractivity contribution in [3.8, 4) is 0 Å². The van der Waals surface area contributed by atoms with Crippen molar-refractivity contribution in [1.29, 1.82) is 0 Å². The summed E-state index contributed by atoms with van der Waals surface area (Å²) < 4.78 is 15.3. The molecule has 3 nitrogen and oxygen atoms in total. The zero-order chi connectivity index (χ0) is 13.2. The van der Waals surface area contributed by atoms with Gasteiger partial charge in [0.15, 0.2) is 0 Å². The van der Waals surface area contributed by atoms with Gasteiger partial charge in [0, 0.05) is 30.9 Å². The lowest BCUT2D eigenvalue weighted by atomic mass is 9.89. The molecule has 2 N–H and O–H groups in total. The van der Waals surface area contributed by atoms with Gasteiger partial charge in [-0.15, -0.1) is 0 Å². The lowest BCUT2D eigenvalue weighted by molar-refractivity contribution is 0.462. The lowest BCUT2D eigenvalue weighted by Gasteiger charge is -2.25. The highest BCUT2D eigenvalue weighted by molar-refractivity contribution is 5.25. The maximum Gasteiger partial charge on any atom is 0.123 e. The Balaban J connectivity index is 2.26. The minimum Gasteiger partial charge on any atom is -0.335 e. The molecule has 0 amide bonds. The highest BCUT2D eigenvalue weighted by Gasteiger charge is 2.24. The highest BCUT2D eigenvalue weighted by Crippen LogP contribution is 2.22. The molecular formula is C14H18FN3. The van der Waals surface area contributed by atoms with E-state index in [1.807, 2.05) is 23.8 Å². The van der Waals surface area contributed by atoms with Gasteiger partial charge in [0.1, 0.15) is 11.6 Å². The number of imidazole rings is 1. The molecule has 1 aromatic carbocycles. The number of hydrogen-bond donors (Lipinski definition) is 1. The highest BCUT2D eigenvalue weighted by atomic mass is 19.1. The van der Waals surface area contributed by atoms with Crippen LogP contribution in [0.15, 0.2) is 36.7 Å². The van der Waals surface area contributed by atoms with Gasteiger partial charge in [-0.3, -0.25) is 0 Å². The molecule has 0 saturated heterocycles. The summed E-state index contributed by atoms with van der Waals surface area (Å²) in [5.41, 5.74) is 6.46. The van der Waals surface area contributed by atoms with Crippen LogP contribution < -0.4 is 5.73 Å². The van der Waals surface area contributed by atoms with Crippen LogP contribution in [0.1, 0.15) is 25.2 Å². The number of benzene rings is 1. The monoisotopic (exact) mass is 247 g/mol. The molecule has 96 valence electrons. The van der Waals surface area contributed by atoms with E-state index >= 15 is 0 Å². The van der Waals surface area contributed by atoms with E-state index in [0.717, 1.165) is 17.9 Å². The molecule has 0 saturated carbocycles. The third-order valence-corrected chi connectivity index (χ3v) is 3.15. The Morgan fingerprint density at radius 2 is 2.22 bits per heavy atom. The normalized spacial score (nSPS) is 14.4. The first-order chi connectivity index (χ1) is 8.53. The number of rotatable bonds is 4. The first-order valence-corrected chi connectivity index (χ1v) is 6.08. The molecule has 2 aromatic rings. The van der Waals surface area contributed by atoms with Crippen LogP contribution >= 0.6 is 0 Å². The summed E-state index contributed by atoms with van der Waals surface area (Å²) in [6, 6.07) is 6.44. The molecule has 18 heavy (non-hydrogen) atoms. The zero-order valence-corrected chi connectivity index (χ0v) is 10.7. The topological polar surface area (TPSA) is 43.8 Å². The number of nitrogens with two attached hydrogens (primary N) is 1. The van der Waals surface area contributed by atoms with Crippen molar-refractivity contribution in [3.63, 3.8) is 0 Å². The predicted molar refractivity (Wildman–Crippen MR) is 69.5 cm³/mol. The van der Waals surface area contributed by atoms with Crippen LogP contribution in [0.4, 0.5) is 4.39 Å². The zero-order valence-electron chi connectivity index (χ0n) is 10.7. The quantitative estimate of drug-likeness (QED) is 0.902. The van der Waals surface area contributed by atoms with Crippen LogP contribution in [0.25, 0.3) is 0 Å². The van der Waals surface area contributed by atoms with Gasteiger partial charge in [0.2, 0.25) is 0 Å². The first-order valence-electron chi connectivity index (χ1n) is 6.08. The van der Waals surface area contributed by atoms with E-state index in [2.05, 4.69) is 11.9 Å². The Morgan fingerprint density at radius 1 is 1.44 bits per heavy atom. The van der Waals surface area contributed by atoms with Crippen LogP contribution in [0.2, 0.25) is 0 Å². The first kappa shape index (κ1) is 12.8. The van der Waals surface area contributed by atoms with Gasteiger partial charge in [-0.25, -0.2) is 9.37 Å². The number of nitrogens with zero attached hydrogens (tertiary/aromatic N) is 2. The second-order valence-corrected chi connectivity index (χ2v) is 4.73. The van der Waals surface area contributed by atoms with Crippen LogP contribution in [-0.2, 0) is 18.5 Å². The molecule has 0 aliphatic rings. The van der Waals surface area contributed by atoms with Crippen molar-refractivity contribution >= 4 is 0 Å². The molecule has 0 fully saturated rings. The second-order valence-electron chi connectivity index (χ2n) is 4.73. The fourth-order valence-corrected chi connectivity index (χ4v) is 2.07. The molecule has 1 unspecified atom stereocenters. The van der Waals surface area contributed by atoms with Crippen molar-refractivity contribution in [3.05, 3.63) is 53.9 Å². The Kier molecular flexibility index (Phi) is 3.48. The third-order valence-electron chi connectivity index (χ3n) is 3.15. The molecule has 0 spiro atoms. The van der Waals surface area contributed by atoms with Crippen molar-refractivity contribution in [2.75, 3.05) is 0 Å². The molecule has 2 rings (SSSR count). The van der Waals surface area contributed by atoms with Crippen molar-refractivity contribution in [2.24, 2.45) is 5.73 Å². The minimum absolute atomic E-state index is 0.261. The van der Waals surface area contributed by atoms with E-state index < -0.39 is 5.54 Å². The predicted octanol–water partition coefficient (Wildman–Crippen LogP) is 2.46. The van der Waals surface area contributed by atoms with E-state index in [0.29, 0.717) is 6.42 Å². The molecule has 1 heterocycles. The van der Waals surface area contributed by atoms with Gasteiger partial charge in [0.25, 0.3) is 0 Å². The van der Waals surface area contributed by atoms with Crippen LogP contribution in [0.3, 0.4) is 0 Å². The fourth-order valence-electron chi connectivity index (χ4n) is 2.07. The molecule has 0 radical (unpaired) electrons. The van der Waals surface area contributed by atoms with E-state index in [9.17, 15) is 4.39 Å². The van der Waals surface area contributed by atoms with Gasteiger partial charge in [-0.1, -0.05) is 12.1 Å². The maximum absolute atomic E-state index is 13.2. The van der Waals surface area contributed by atoms with Crippen molar-refractivity contribution in [2.45, 2.75) is 32.4 Å². The molecular weight excluding hydrogens is 229 g/mol. The summed E-state index contributed by atoms with van der Waals surface area (Å²) >= 11 is 0. The lowest BCUT2D eigenvalue weighted by Crippen LogP contribution is -2.36. The molecule has 0 bridgehead atoms. The van der Waals surface area contributed by atoms with E-state index in [4.69, 9.17) is 5.73 Å². The van der Waals surface area contributed by atoms with Crippen LogP contribution in [0.5, 0.6) is 0 Å². The number of hydrogen-bond acceptors (Lipinski definition) is 2. The van der Waals surface area contributed by atoms with Crippen LogP contribution in [-0.4, -0.2) is 9.55 Å². The SMILES string of the molecule is CCn1ccnc1CC(C)(N)c1cccc(F)c1. The van der Waals surface area contributed by atoms with Crippen molar-refractivity contribution < 1.29 is 4.39 Å². The number of aryl methyl sites for hydroxylation is 1. The maximum atomic E-state index is 13.2. The molecule has 0 aliphatic heterocycles. The Morgan fingerprint density at radius 3 is 2.89 bits per heavy atom. The molecule has 1 aromatic heterocycles. The average molecular weight is 247 g/mol. The van der Waals surface area contributed by atoms with E-state index in [-0.39, 0.29) is 5.82 Å². The number of halogens is 1. The van der Waals surface area contributed by atoms with Gasteiger partial charge < -0.3 is 10.3 Å². The Hall–Kier alpha value is -1.68. The largest absolute Gasteiger partial charge is 0.335 e. The summed E-state index contributed by atoms with van der Waals surface area (Å²) in [6.45, 7) is 4.81. The van der Waals surface area contributed by atoms with Gasteiger partial charge in [-0.05, 0) is 31.5 Å². The standard InChI is InChI=1S/C14H18FN3/c1-3-18-8-7-17-13(18)10-14(2,16)11-5-4-6-12(15)9-11/h4-9H,3,10,16H2,1-2H3. The fraction of sp³-hybridized carbons (Fsp3) is 0.357. The summed E-state index contributed by atoms with van der Waals surface area (Å²) in [6.07, 6.45) is 4.27. The smallest absolute Gasteiger partial charge is 0.123 e. The van der Waals surface area contributed by atoms with Crippen molar-refractivity contribution in [1.82, 2.24) is 9.55 Å². The summed E-state index contributed by atoms with van der Waals surface area (Å²) in [5.74, 6) is 0.662. The Bertz CT molecular complexity index is 531. The summed E-state index contributed by atoms with van der Waals surface area (Å²) in [4.78, 5) is 4.31. The average Bonchev–Trinajstić information content (AvgIpc) is 2.75. The minimum atomic E-state index is -0.625. The molecule has 1 atom stereocenters. The summed E-state index contributed by atoms with van der Waals surface area (Å²) in [5, 5.41) is 0. The van der Waals surface area contributed by atoms with Gasteiger partial charge in [-0.2, -0.15) is 0 Å². The molecule has 0 aliphatic carbocycles.